The molecule has 2 aromatic carbocycles. The largest absolute Gasteiger partial charge is 0.482 e. The molecule has 4 N–H and O–H groups in total. The second-order valence-electron chi connectivity index (χ2n) is 7.46. The van der Waals surface area contributed by atoms with Crippen LogP contribution in [-0.2, 0) is 0 Å². The van der Waals surface area contributed by atoms with Gasteiger partial charge in [0.05, 0.1) is 17.7 Å². The van der Waals surface area contributed by atoms with Crippen LogP contribution in [-0.4, -0.2) is 28.6 Å². The molecule has 2 atom stereocenters. The molecule has 9 heteroatoms. The van der Waals surface area contributed by atoms with Crippen LogP contribution in [0.4, 0.5) is 10.2 Å². The Kier molecular flexibility index (Phi) is 8.13. The molecule has 0 aliphatic rings. The number of benzene rings is 2. The van der Waals surface area contributed by atoms with Gasteiger partial charge in [0.2, 0.25) is 0 Å². The fourth-order valence-corrected chi connectivity index (χ4v) is 3.91. The molecule has 0 fully saturated rings. The highest BCUT2D eigenvalue weighted by Gasteiger charge is 2.20. The van der Waals surface area contributed by atoms with Crippen molar-refractivity contribution in [3.8, 4) is 16.9 Å². The smallest absolute Gasteiger partial charge is 0.251 e. The van der Waals surface area contributed by atoms with Gasteiger partial charge in [0.1, 0.15) is 11.9 Å². The molecular weight excluding hydrogens is 468 g/mol. The number of aromatic nitrogens is 1. The zero-order valence-electron chi connectivity index (χ0n) is 18.1. The summed E-state index contributed by atoms with van der Waals surface area (Å²) in [6, 6.07) is 10.9. The highest BCUT2D eigenvalue weighted by Crippen LogP contribution is 2.37. The van der Waals surface area contributed by atoms with E-state index in [4.69, 9.17) is 33.7 Å². The third kappa shape index (κ3) is 5.74. The van der Waals surface area contributed by atoms with Gasteiger partial charge in [-0.25, -0.2) is 9.37 Å². The molecule has 0 aliphatic carbocycles. The minimum absolute atomic E-state index is 0.113. The lowest BCUT2D eigenvalue weighted by Crippen LogP contribution is -2.36. The van der Waals surface area contributed by atoms with Crippen molar-refractivity contribution in [2.45, 2.75) is 32.4 Å². The Morgan fingerprint density at radius 3 is 2.55 bits per heavy atom. The SMILES string of the molecule is CCC(CO)NC(=O)c1ccc(-c2cnc(N)c(OC(C)c3c(Cl)ccc(F)c3Cl)c2)cc1. The molecule has 1 heterocycles. The number of nitrogens with two attached hydrogens (primary N) is 1. The number of nitrogens with one attached hydrogen (secondary N) is 1. The van der Waals surface area contributed by atoms with Crippen LogP contribution in [0.5, 0.6) is 5.75 Å². The number of carbonyl (C=O) groups is 1. The monoisotopic (exact) mass is 491 g/mol. The van der Waals surface area contributed by atoms with Gasteiger partial charge in [-0.05, 0) is 49.2 Å². The number of ether oxygens (including phenoxy) is 1. The summed E-state index contributed by atoms with van der Waals surface area (Å²) in [5.74, 6) is -0.425. The van der Waals surface area contributed by atoms with Crippen LogP contribution in [0, 0.1) is 5.82 Å². The van der Waals surface area contributed by atoms with Crippen molar-refractivity contribution >= 4 is 34.9 Å². The molecule has 0 saturated heterocycles. The summed E-state index contributed by atoms with van der Waals surface area (Å²) >= 11 is 12.3. The van der Waals surface area contributed by atoms with Gasteiger partial charge in [0.25, 0.3) is 5.91 Å². The van der Waals surface area contributed by atoms with Crippen LogP contribution in [0.15, 0.2) is 48.7 Å². The minimum Gasteiger partial charge on any atom is -0.482 e. The van der Waals surface area contributed by atoms with Crippen molar-refractivity contribution in [2.24, 2.45) is 0 Å². The average Bonchev–Trinajstić information content (AvgIpc) is 2.81. The standard InChI is InChI=1S/C24H24Cl2FN3O3/c1-3-17(12-31)30-24(32)15-6-4-14(5-7-15)16-10-20(23(28)29-11-16)33-13(2)21-18(25)8-9-19(27)22(21)26/h4-11,13,17,31H,3,12H2,1-2H3,(H2,28,29)(H,30,32). The predicted octanol–water partition coefficient (Wildman–Crippen LogP) is 5.42. The third-order valence-electron chi connectivity index (χ3n) is 5.20. The highest BCUT2D eigenvalue weighted by atomic mass is 35.5. The van der Waals surface area contributed by atoms with E-state index in [0.29, 0.717) is 23.1 Å². The summed E-state index contributed by atoms with van der Waals surface area (Å²) < 4.78 is 19.8. The van der Waals surface area contributed by atoms with Crippen LogP contribution in [0.3, 0.4) is 0 Å². The molecule has 0 bridgehead atoms. The topological polar surface area (TPSA) is 97.5 Å². The number of rotatable bonds is 8. The number of nitrogens with zero attached hydrogens (tertiary/aromatic N) is 1. The molecule has 174 valence electrons. The van der Waals surface area contributed by atoms with Crippen molar-refractivity contribution in [3.05, 3.63) is 75.7 Å². The van der Waals surface area contributed by atoms with E-state index in [9.17, 15) is 14.3 Å². The molecule has 0 aliphatic heterocycles. The van der Waals surface area contributed by atoms with Gasteiger partial charge in [-0.15, -0.1) is 0 Å². The molecule has 0 spiro atoms. The Hall–Kier alpha value is -2.87. The van der Waals surface area contributed by atoms with E-state index in [1.807, 2.05) is 6.92 Å². The molecule has 1 aromatic heterocycles. The first kappa shape index (κ1) is 24.8. The number of pyridine rings is 1. The first-order chi connectivity index (χ1) is 15.7. The Bertz CT molecular complexity index is 1140. The molecule has 2 unspecified atom stereocenters. The second-order valence-corrected chi connectivity index (χ2v) is 8.25. The Labute approximate surface area is 201 Å². The number of hydrogen-bond acceptors (Lipinski definition) is 5. The van der Waals surface area contributed by atoms with Gasteiger partial charge in [-0.1, -0.05) is 42.3 Å². The molecule has 0 saturated carbocycles. The molecule has 6 nitrogen and oxygen atoms in total. The van der Waals surface area contributed by atoms with E-state index >= 15 is 0 Å². The van der Waals surface area contributed by atoms with E-state index in [1.54, 1.807) is 43.5 Å². The number of anilines is 1. The van der Waals surface area contributed by atoms with E-state index in [2.05, 4.69) is 10.3 Å². The molecule has 3 rings (SSSR count). The number of hydrogen-bond donors (Lipinski definition) is 3. The van der Waals surface area contributed by atoms with Crippen molar-refractivity contribution in [1.29, 1.82) is 0 Å². The molecular formula is C24H24Cl2FN3O3. The van der Waals surface area contributed by atoms with Crippen LogP contribution in [0.25, 0.3) is 11.1 Å². The summed E-state index contributed by atoms with van der Waals surface area (Å²) in [4.78, 5) is 16.5. The Balaban J connectivity index is 1.82. The Morgan fingerprint density at radius 2 is 1.91 bits per heavy atom. The van der Waals surface area contributed by atoms with Crippen molar-refractivity contribution in [3.63, 3.8) is 0 Å². The van der Waals surface area contributed by atoms with Crippen LogP contribution in [0.1, 0.15) is 42.3 Å². The predicted molar refractivity (Wildman–Crippen MR) is 128 cm³/mol. The Morgan fingerprint density at radius 1 is 1.21 bits per heavy atom. The van der Waals surface area contributed by atoms with Crippen molar-refractivity contribution < 1.29 is 19.0 Å². The fourth-order valence-electron chi connectivity index (χ4n) is 3.23. The van der Waals surface area contributed by atoms with Gasteiger partial charge in [-0.2, -0.15) is 0 Å². The molecule has 3 aromatic rings. The number of nitrogen functional groups attached to an aromatic ring is 1. The highest BCUT2D eigenvalue weighted by molar-refractivity contribution is 6.36. The van der Waals surface area contributed by atoms with Gasteiger partial charge in [-0.3, -0.25) is 4.79 Å². The van der Waals surface area contributed by atoms with Crippen LogP contribution in [0.2, 0.25) is 10.0 Å². The van der Waals surface area contributed by atoms with Gasteiger partial charge in [0, 0.05) is 27.9 Å². The fraction of sp³-hybridized carbons (Fsp3) is 0.250. The van der Waals surface area contributed by atoms with Crippen molar-refractivity contribution in [1.82, 2.24) is 10.3 Å². The number of carbonyl (C=O) groups excluding carboxylic acids is 1. The first-order valence-corrected chi connectivity index (χ1v) is 11.1. The minimum atomic E-state index is -0.691. The molecule has 0 radical (unpaired) electrons. The van der Waals surface area contributed by atoms with Gasteiger partial charge in [0.15, 0.2) is 11.6 Å². The lowest BCUT2D eigenvalue weighted by atomic mass is 10.0. The number of aliphatic hydroxyl groups excluding tert-OH is 1. The zero-order chi connectivity index (χ0) is 24.1. The zero-order valence-corrected chi connectivity index (χ0v) is 19.6. The second kappa shape index (κ2) is 10.8. The maximum absolute atomic E-state index is 13.9. The summed E-state index contributed by atoms with van der Waals surface area (Å²) in [5.41, 5.74) is 8.26. The van der Waals surface area contributed by atoms with Crippen LogP contribution >= 0.6 is 23.2 Å². The molecule has 33 heavy (non-hydrogen) atoms. The van der Waals surface area contributed by atoms with E-state index < -0.39 is 11.9 Å². The summed E-state index contributed by atoms with van der Waals surface area (Å²) in [6.07, 6.45) is 1.53. The summed E-state index contributed by atoms with van der Waals surface area (Å²) in [7, 11) is 0. The van der Waals surface area contributed by atoms with Gasteiger partial charge < -0.3 is 20.9 Å². The summed E-state index contributed by atoms with van der Waals surface area (Å²) in [5, 5.41) is 12.2. The normalized spacial score (nSPS) is 12.8. The van der Waals surface area contributed by atoms with Crippen LogP contribution < -0.4 is 15.8 Å². The summed E-state index contributed by atoms with van der Waals surface area (Å²) in [6.45, 7) is 3.45. The van der Waals surface area contributed by atoms with E-state index in [0.717, 1.165) is 5.56 Å². The maximum Gasteiger partial charge on any atom is 0.251 e. The third-order valence-corrected chi connectivity index (χ3v) is 5.91. The van der Waals surface area contributed by atoms with E-state index in [-0.39, 0.29) is 40.2 Å². The quantitative estimate of drug-likeness (QED) is 0.365. The lowest BCUT2D eigenvalue weighted by Gasteiger charge is -2.19. The van der Waals surface area contributed by atoms with Crippen molar-refractivity contribution in [2.75, 3.05) is 12.3 Å². The number of amides is 1. The number of aliphatic hydroxyl groups is 1. The molecule has 1 amide bonds. The average molecular weight is 492 g/mol. The van der Waals surface area contributed by atoms with Gasteiger partial charge >= 0.3 is 0 Å². The lowest BCUT2D eigenvalue weighted by molar-refractivity contribution is 0.0915. The maximum atomic E-state index is 13.9. The first-order valence-electron chi connectivity index (χ1n) is 10.3. The number of halogens is 3. The van der Waals surface area contributed by atoms with E-state index in [1.165, 1.54) is 12.1 Å².